The van der Waals surface area contributed by atoms with E-state index in [1.54, 1.807) is 6.07 Å². The van der Waals surface area contributed by atoms with Gasteiger partial charge in [0.05, 0.1) is 0 Å². The van der Waals surface area contributed by atoms with Gasteiger partial charge in [0, 0.05) is 30.6 Å². The van der Waals surface area contributed by atoms with E-state index in [9.17, 15) is 4.39 Å². The first-order valence-corrected chi connectivity index (χ1v) is 8.54. The number of nitrogens with zero attached hydrogens (tertiary/aromatic N) is 1. The predicted molar refractivity (Wildman–Crippen MR) is 89.5 cm³/mol. The minimum absolute atomic E-state index is 0.128. The summed E-state index contributed by atoms with van der Waals surface area (Å²) < 4.78 is 13.9. The molecule has 0 aliphatic heterocycles. The summed E-state index contributed by atoms with van der Waals surface area (Å²) in [7, 11) is 4.02. The summed E-state index contributed by atoms with van der Waals surface area (Å²) in [6.07, 6.45) is 3.21. The van der Waals surface area contributed by atoms with Gasteiger partial charge in [-0.25, -0.2) is 4.39 Å². The molecule has 1 N–H and O–H groups in total. The van der Waals surface area contributed by atoms with E-state index in [4.69, 9.17) is 0 Å². The molecule has 0 bridgehead atoms. The Hall–Kier alpha value is -0.740. The lowest BCUT2D eigenvalue weighted by Crippen LogP contribution is -2.34. The molecule has 0 saturated carbocycles. The fourth-order valence-corrected chi connectivity index (χ4v) is 3.23. The summed E-state index contributed by atoms with van der Waals surface area (Å²) in [4.78, 5) is 2.30. The summed E-state index contributed by atoms with van der Waals surface area (Å²) in [5.74, 6) is 0.953. The van der Waals surface area contributed by atoms with Gasteiger partial charge < -0.3 is 10.2 Å². The van der Waals surface area contributed by atoms with Gasteiger partial charge >= 0.3 is 0 Å². The number of thioether (sulfide) groups is 1. The molecule has 20 heavy (non-hydrogen) atoms. The highest BCUT2D eigenvalue weighted by molar-refractivity contribution is 7.98. The van der Waals surface area contributed by atoms with E-state index in [0.717, 1.165) is 23.4 Å². The molecule has 2 atom stereocenters. The van der Waals surface area contributed by atoms with Crippen molar-refractivity contribution in [2.45, 2.75) is 39.3 Å². The summed E-state index contributed by atoms with van der Waals surface area (Å²) in [5, 5.41) is 3.21. The van der Waals surface area contributed by atoms with Gasteiger partial charge in [-0.15, -0.1) is 0 Å². The number of hydrogen-bond acceptors (Lipinski definition) is 3. The maximum atomic E-state index is 13.9. The molecule has 1 aromatic rings. The molecular formula is C16H27FN2S. The number of aryl methyl sites for hydroxylation is 1. The lowest BCUT2D eigenvalue weighted by Gasteiger charge is -2.32. The van der Waals surface area contributed by atoms with Gasteiger partial charge in [0.25, 0.3) is 0 Å². The third-order valence-electron chi connectivity index (χ3n) is 3.97. The molecule has 1 aromatic carbocycles. The maximum absolute atomic E-state index is 13.9. The number of anilines is 1. The van der Waals surface area contributed by atoms with Crippen LogP contribution in [0.5, 0.6) is 0 Å². The molecule has 2 unspecified atom stereocenters. The highest BCUT2D eigenvalue weighted by atomic mass is 32.2. The van der Waals surface area contributed by atoms with Crippen molar-refractivity contribution < 1.29 is 4.39 Å². The predicted octanol–water partition coefficient (Wildman–Crippen LogP) is 3.99. The van der Waals surface area contributed by atoms with Gasteiger partial charge in [-0.2, -0.15) is 11.8 Å². The van der Waals surface area contributed by atoms with Crippen molar-refractivity contribution in [2.75, 3.05) is 31.0 Å². The van der Waals surface area contributed by atoms with Crippen molar-refractivity contribution in [3.8, 4) is 0 Å². The Bertz CT molecular complexity index is 437. The van der Waals surface area contributed by atoms with Crippen molar-refractivity contribution in [3.05, 3.63) is 29.1 Å². The third kappa shape index (κ3) is 3.89. The molecule has 0 heterocycles. The topological polar surface area (TPSA) is 15.3 Å². The van der Waals surface area contributed by atoms with Crippen molar-refractivity contribution in [1.82, 2.24) is 5.32 Å². The fourth-order valence-electron chi connectivity index (χ4n) is 2.38. The van der Waals surface area contributed by atoms with E-state index >= 15 is 0 Å². The second kappa shape index (κ2) is 7.89. The molecule has 0 amide bonds. The molecule has 0 radical (unpaired) electrons. The largest absolute Gasteiger partial charge is 0.371 e. The molecule has 0 aromatic heterocycles. The van der Waals surface area contributed by atoms with E-state index in [0.29, 0.717) is 11.6 Å². The zero-order chi connectivity index (χ0) is 15.3. The van der Waals surface area contributed by atoms with Crippen LogP contribution < -0.4 is 10.2 Å². The molecule has 0 saturated heterocycles. The molecule has 1 rings (SSSR count). The van der Waals surface area contributed by atoms with Gasteiger partial charge in [-0.1, -0.05) is 6.92 Å². The van der Waals surface area contributed by atoms with E-state index in [1.807, 2.05) is 31.8 Å². The molecule has 0 fully saturated rings. The highest BCUT2D eigenvalue weighted by Gasteiger charge is 2.19. The SMILES string of the molecule is CCC(CSC)N(C)c1cc(C)c(F)cc1C(C)NC. The van der Waals surface area contributed by atoms with Crippen LogP contribution in [0.15, 0.2) is 12.1 Å². The van der Waals surface area contributed by atoms with E-state index in [2.05, 4.69) is 37.4 Å². The zero-order valence-corrected chi connectivity index (χ0v) is 14.3. The van der Waals surface area contributed by atoms with Crippen molar-refractivity contribution in [2.24, 2.45) is 0 Å². The molecule has 0 aliphatic rings. The molecule has 0 aliphatic carbocycles. The standard InChI is InChI=1S/C16H27FN2S/c1-7-13(10-20-6)19(5)16-8-11(2)15(17)9-14(16)12(3)18-4/h8-9,12-13,18H,7,10H2,1-6H3. The summed E-state index contributed by atoms with van der Waals surface area (Å²) >= 11 is 1.85. The second-order valence-corrected chi connectivity index (χ2v) is 6.21. The van der Waals surface area contributed by atoms with Gasteiger partial charge in [0.2, 0.25) is 0 Å². The highest BCUT2D eigenvalue weighted by Crippen LogP contribution is 2.30. The summed E-state index contributed by atoms with van der Waals surface area (Å²) in [6.45, 7) is 6.10. The maximum Gasteiger partial charge on any atom is 0.126 e. The molecular weight excluding hydrogens is 271 g/mol. The average Bonchev–Trinajstić information content (AvgIpc) is 2.45. The smallest absolute Gasteiger partial charge is 0.126 e. The van der Waals surface area contributed by atoms with Gasteiger partial charge in [-0.05, 0) is 56.8 Å². The normalized spacial score (nSPS) is 14.2. The van der Waals surface area contributed by atoms with Gasteiger partial charge in [-0.3, -0.25) is 0 Å². The lowest BCUT2D eigenvalue weighted by molar-refractivity contribution is 0.595. The van der Waals surface area contributed by atoms with Crippen LogP contribution in [0.25, 0.3) is 0 Å². The number of hydrogen-bond donors (Lipinski definition) is 1. The third-order valence-corrected chi connectivity index (χ3v) is 4.68. The number of benzene rings is 1. The van der Waals surface area contributed by atoms with Crippen LogP contribution in [0.1, 0.15) is 37.4 Å². The monoisotopic (exact) mass is 298 g/mol. The first kappa shape index (κ1) is 17.3. The Labute approximate surface area is 127 Å². The van der Waals surface area contributed by atoms with Crippen molar-refractivity contribution >= 4 is 17.4 Å². The van der Waals surface area contributed by atoms with Crippen LogP contribution in [0.3, 0.4) is 0 Å². The van der Waals surface area contributed by atoms with E-state index in [1.165, 1.54) is 0 Å². The van der Waals surface area contributed by atoms with Gasteiger partial charge in [0.15, 0.2) is 0 Å². The Morgan fingerprint density at radius 1 is 1.40 bits per heavy atom. The zero-order valence-electron chi connectivity index (χ0n) is 13.5. The average molecular weight is 298 g/mol. The molecule has 2 nitrogen and oxygen atoms in total. The van der Waals surface area contributed by atoms with Crippen LogP contribution >= 0.6 is 11.8 Å². The van der Waals surface area contributed by atoms with Crippen LogP contribution in [0.2, 0.25) is 0 Å². The Balaban J connectivity index is 3.23. The minimum atomic E-state index is -0.128. The van der Waals surface area contributed by atoms with Crippen LogP contribution in [0.4, 0.5) is 10.1 Å². The Kier molecular flexibility index (Phi) is 6.83. The first-order chi connectivity index (χ1) is 9.46. The Morgan fingerprint density at radius 3 is 2.55 bits per heavy atom. The van der Waals surface area contributed by atoms with Crippen molar-refractivity contribution in [3.63, 3.8) is 0 Å². The van der Waals surface area contributed by atoms with Gasteiger partial charge in [0.1, 0.15) is 5.82 Å². The molecule has 4 heteroatoms. The number of rotatable bonds is 7. The van der Waals surface area contributed by atoms with Crippen LogP contribution in [-0.2, 0) is 0 Å². The van der Waals surface area contributed by atoms with Crippen molar-refractivity contribution in [1.29, 1.82) is 0 Å². The van der Waals surface area contributed by atoms with E-state index in [-0.39, 0.29) is 11.9 Å². The lowest BCUT2D eigenvalue weighted by atomic mass is 10.0. The molecule has 0 spiro atoms. The number of nitrogens with one attached hydrogen (secondary N) is 1. The van der Waals surface area contributed by atoms with Crippen LogP contribution in [0, 0.1) is 12.7 Å². The fraction of sp³-hybridized carbons (Fsp3) is 0.625. The summed E-state index contributed by atoms with van der Waals surface area (Å²) in [6, 6.07) is 4.25. The summed E-state index contributed by atoms with van der Waals surface area (Å²) in [5.41, 5.74) is 2.86. The van der Waals surface area contributed by atoms with E-state index < -0.39 is 0 Å². The number of halogens is 1. The second-order valence-electron chi connectivity index (χ2n) is 5.30. The first-order valence-electron chi connectivity index (χ1n) is 7.15. The Morgan fingerprint density at radius 2 is 2.05 bits per heavy atom. The van der Waals surface area contributed by atoms with Crippen LogP contribution in [-0.4, -0.2) is 32.1 Å². The minimum Gasteiger partial charge on any atom is -0.371 e. The molecule has 114 valence electrons. The quantitative estimate of drug-likeness (QED) is 0.819.